The molecule has 3 rings (SSSR count). The molecule has 0 bridgehead atoms. The number of aromatic nitrogens is 2. The summed E-state index contributed by atoms with van der Waals surface area (Å²) in [4.78, 5) is 43.0. The van der Waals surface area contributed by atoms with E-state index in [9.17, 15) is 14.4 Å². The van der Waals surface area contributed by atoms with Gasteiger partial charge in [0.15, 0.2) is 0 Å². The average molecular weight is 921 g/mol. The molecule has 0 saturated heterocycles. The number of rotatable bonds is 29. The van der Waals surface area contributed by atoms with E-state index in [4.69, 9.17) is 0 Å². The summed E-state index contributed by atoms with van der Waals surface area (Å²) in [5.74, 6) is -0.560. The van der Waals surface area contributed by atoms with Crippen molar-refractivity contribution >= 4 is 16.6 Å². The molecule has 0 unspecified atom stereocenters. The van der Waals surface area contributed by atoms with E-state index in [0.717, 1.165) is 106 Å². The van der Waals surface area contributed by atoms with Crippen LogP contribution in [0.3, 0.4) is 0 Å². The minimum absolute atomic E-state index is 0.170. The van der Waals surface area contributed by atoms with Gasteiger partial charge in [-0.25, -0.2) is 4.79 Å². The van der Waals surface area contributed by atoms with Gasteiger partial charge in [0.05, 0.1) is 0 Å². The van der Waals surface area contributed by atoms with E-state index in [1.54, 1.807) is 6.07 Å². The van der Waals surface area contributed by atoms with Crippen LogP contribution in [0.4, 0.5) is 0 Å². The minimum atomic E-state index is -0.569. The lowest BCUT2D eigenvalue weighted by atomic mass is 9.94. The fraction of sp³-hybridized carbons (Fsp3) is 0.476. The van der Waals surface area contributed by atoms with E-state index in [-0.39, 0.29) is 23.9 Å². The van der Waals surface area contributed by atoms with Gasteiger partial charge in [0.1, 0.15) is 5.69 Å². The predicted octanol–water partition coefficient (Wildman–Crippen LogP) is 17.8. The fourth-order valence-electron chi connectivity index (χ4n) is 8.57. The molecule has 5 nitrogen and oxygen atoms in total. The Balaban J connectivity index is 1.38. The number of carbonyl (C=O) groups excluding carboxylic acids is 1. The normalized spacial score (nSPS) is 13.8. The summed E-state index contributed by atoms with van der Waals surface area (Å²) in [6.45, 7) is 26.2. The van der Waals surface area contributed by atoms with E-state index in [0.29, 0.717) is 11.1 Å². The molecule has 5 heteroatoms. The largest absolute Gasteiger partial charge is 0.329 e. The summed E-state index contributed by atoms with van der Waals surface area (Å²) in [7, 11) is 0. The van der Waals surface area contributed by atoms with Crippen molar-refractivity contribution in [2.45, 2.75) is 198 Å². The van der Waals surface area contributed by atoms with Crippen molar-refractivity contribution in [2.75, 3.05) is 0 Å². The van der Waals surface area contributed by atoms with Crippen LogP contribution in [-0.2, 0) is 6.54 Å². The highest BCUT2D eigenvalue weighted by Gasteiger charge is 2.25. The Labute approximate surface area is 412 Å². The maximum Gasteiger partial charge on any atom is 0.329 e. The topological polar surface area (TPSA) is 71.9 Å². The summed E-state index contributed by atoms with van der Waals surface area (Å²) in [6, 6.07) is 13.3. The first kappa shape index (κ1) is 57.0. The highest BCUT2D eigenvalue weighted by molar-refractivity contribution is 6.16. The number of nitrogens with one attached hydrogen (secondary N) is 1. The fourth-order valence-corrected chi connectivity index (χ4v) is 8.57. The number of hydrogen-bond donors (Lipinski definition) is 1. The van der Waals surface area contributed by atoms with Gasteiger partial charge in [-0.3, -0.25) is 19.1 Å². The standard InChI is InChI=1S/C63H88N2O3/c1-46(2)24-15-25-48(5)26-16-27-49(6)28-17-29-50(7)30-18-31-51(8)32-19-33-52(9)34-20-35-53(10)36-21-37-54(11)38-22-39-55(12)44-45-65-60(59(47(3)4)62(67)64-63(65)68)61(66)58-43-23-41-56-40-13-14-42-57(56)58/h13-14,23-24,26,28,30,32,34,36,38,40-44,47H,15-22,25,27,29,31,33,35,37,39,45H2,1-12H3,(H,64,67,68)/b48-26+,49-28+,50-30+,51-32+,52-34+,53-36+,54-38+,55-44+. The molecule has 0 radical (unpaired) electrons. The van der Waals surface area contributed by atoms with Gasteiger partial charge in [-0.15, -0.1) is 0 Å². The monoisotopic (exact) mass is 921 g/mol. The van der Waals surface area contributed by atoms with E-state index in [2.05, 4.69) is 123 Å². The van der Waals surface area contributed by atoms with Crippen LogP contribution < -0.4 is 11.2 Å². The molecule has 0 atom stereocenters. The molecule has 0 fully saturated rings. The quantitative estimate of drug-likeness (QED) is 0.0557. The number of ketones is 1. The molecular formula is C63H88N2O3. The van der Waals surface area contributed by atoms with Gasteiger partial charge < -0.3 is 0 Å². The Morgan fingerprint density at radius 3 is 1.22 bits per heavy atom. The first-order chi connectivity index (χ1) is 32.5. The van der Waals surface area contributed by atoms with Gasteiger partial charge in [-0.05, 0) is 189 Å². The zero-order valence-corrected chi connectivity index (χ0v) is 44.5. The molecule has 3 aromatic rings. The highest BCUT2D eigenvalue weighted by atomic mass is 16.2. The summed E-state index contributed by atoms with van der Waals surface area (Å²) in [5.41, 5.74) is 12.8. The number of fused-ring (bicyclic) bond motifs is 1. The van der Waals surface area contributed by atoms with E-state index >= 15 is 0 Å². The van der Waals surface area contributed by atoms with Crippen LogP contribution in [-0.4, -0.2) is 15.3 Å². The van der Waals surface area contributed by atoms with Crippen LogP contribution in [0, 0.1) is 0 Å². The van der Waals surface area contributed by atoms with Gasteiger partial charge in [0.25, 0.3) is 5.56 Å². The van der Waals surface area contributed by atoms with Crippen molar-refractivity contribution in [2.24, 2.45) is 0 Å². The lowest BCUT2D eigenvalue weighted by molar-refractivity contribution is 0.102. The van der Waals surface area contributed by atoms with Gasteiger partial charge in [0, 0.05) is 17.7 Å². The van der Waals surface area contributed by atoms with E-state index < -0.39 is 11.2 Å². The number of hydrogen-bond acceptors (Lipinski definition) is 3. The Kier molecular flexibility index (Phi) is 26.0. The van der Waals surface area contributed by atoms with Crippen LogP contribution >= 0.6 is 0 Å². The second kappa shape index (κ2) is 31.0. The van der Waals surface area contributed by atoms with Gasteiger partial charge >= 0.3 is 5.69 Å². The SMILES string of the molecule is CC(C)=CCC/C(C)=C/CC/C(C)=C/CC/C(C)=C/CC/C(C)=C/CC/C(C)=C/CC/C(C)=C/CC/C(C)=C/CC/C(C)=C/Cn1c(C(=O)c2cccc3ccccc23)c(C(C)C)c(=O)[nH]c1=O. The van der Waals surface area contributed by atoms with Crippen LogP contribution in [0.5, 0.6) is 0 Å². The summed E-state index contributed by atoms with van der Waals surface area (Å²) in [5, 5.41) is 1.73. The number of carbonyl (C=O) groups is 1. The second-order valence-corrected chi connectivity index (χ2v) is 20.1. The first-order valence-electron chi connectivity index (χ1n) is 25.7. The van der Waals surface area contributed by atoms with Crippen LogP contribution in [0.1, 0.15) is 213 Å². The van der Waals surface area contributed by atoms with Gasteiger partial charge in [-0.1, -0.05) is 161 Å². The molecule has 1 N–H and O–H groups in total. The summed E-state index contributed by atoms with van der Waals surface area (Å²) >= 11 is 0. The number of nitrogens with zero attached hydrogens (tertiary/aromatic N) is 1. The Bertz CT molecular complexity index is 2510. The molecule has 1 aromatic heterocycles. The second-order valence-electron chi connectivity index (χ2n) is 20.1. The predicted molar refractivity (Wildman–Crippen MR) is 296 cm³/mol. The van der Waals surface area contributed by atoms with Gasteiger partial charge in [0.2, 0.25) is 5.78 Å². The van der Waals surface area contributed by atoms with Crippen molar-refractivity contribution in [1.29, 1.82) is 0 Å². The van der Waals surface area contributed by atoms with Crippen molar-refractivity contribution in [3.8, 4) is 0 Å². The number of benzene rings is 2. The third kappa shape index (κ3) is 21.3. The summed E-state index contributed by atoms with van der Waals surface area (Å²) in [6.07, 6.45) is 38.7. The molecule has 0 aliphatic rings. The average Bonchev–Trinajstić information content (AvgIpc) is 3.27. The number of aromatic amines is 1. The molecule has 0 aliphatic heterocycles. The van der Waals surface area contributed by atoms with E-state index in [1.165, 1.54) is 62.0 Å². The van der Waals surface area contributed by atoms with Crippen molar-refractivity contribution in [3.05, 3.63) is 185 Å². The lowest BCUT2D eigenvalue weighted by Crippen LogP contribution is -2.37. The summed E-state index contributed by atoms with van der Waals surface area (Å²) < 4.78 is 1.44. The molecule has 0 spiro atoms. The highest BCUT2D eigenvalue weighted by Crippen LogP contribution is 2.25. The molecule has 0 saturated carbocycles. The molecule has 368 valence electrons. The van der Waals surface area contributed by atoms with Crippen LogP contribution in [0.25, 0.3) is 10.8 Å². The van der Waals surface area contributed by atoms with Gasteiger partial charge in [-0.2, -0.15) is 0 Å². The zero-order chi connectivity index (χ0) is 50.0. The van der Waals surface area contributed by atoms with E-state index in [1.807, 2.05) is 56.3 Å². The molecular weight excluding hydrogens is 833 g/mol. The Morgan fingerprint density at radius 2 is 0.838 bits per heavy atom. The molecule has 1 heterocycles. The van der Waals surface area contributed by atoms with Crippen LogP contribution in [0.2, 0.25) is 0 Å². The first-order valence-corrected chi connectivity index (χ1v) is 25.7. The third-order valence-corrected chi connectivity index (χ3v) is 13.0. The maximum absolute atomic E-state index is 14.2. The zero-order valence-electron chi connectivity index (χ0n) is 44.5. The van der Waals surface area contributed by atoms with Crippen molar-refractivity contribution in [1.82, 2.24) is 9.55 Å². The van der Waals surface area contributed by atoms with Crippen LogP contribution in [0.15, 0.2) is 157 Å². The van der Waals surface area contributed by atoms with Crippen molar-refractivity contribution < 1.29 is 4.79 Å². The Morgan fingerprint density at radius 1 is 0.485 bits per heavy atom. The molecule has 2 aromatic carbocycles. The maximum atomic E-state index is 14.2. The smallest absolute Gasteiger partial charge is 0.287 e. The molecule has 0 aliphatic carbocycles. The molecule has 68 heavy (non-hydrogen) atoms. The van der Waals surface area contributed by atoms with Crippen molar-refractivity contribution in [3.63, 3.8) is 0 Å². The number of H-pyrrole nitrogens is 1. The minimum Gasteiger partial charge on any atom is -0.287 e. The molecule has 0 amide bonds. The number of allylic oxidation sites excluding steroid dienone is 18. The Hall–Kier alpha value is -5.29. The third-order valence-electron chi connectivity index (χ3n) is 13.0. The lowest BCUT2D eigenvalue weighted by Gasteiger charge is -2.17.